The Morgan fingerprint density at radius 2 is 1.89 bits per heavy atom. The van der Waals surface area contributed by atoms with E-state index in [-0.39, 0.29) is 5.69 Å². The first-order valence-corrected chi connectivity index (χ1v) is 8.51. The fourth-order valence-corrected chi connectivity index (χ4v) is 2.28. The van der Waals surface area contributed by atoms with Gasteiger partial charge in [-0.3, -0.25) is 14.9 Å². The molecule has 0 fully saturated rings. The smallest absolute Gasteiger partial charge is 0.331 e. The van der Waals surface area contributed by atoms with E-state index in [1.807, 2.05) is 6.92 Å². The number of anilines is 1. The highest BCUT2D eigenvalue weighted by Crippen LogP contribution is 2.21. The molecule has 8 heteroatoms. The van der Waals surface area contributed by atoms with E-state index in [9.17, 15) is 19.7 Å². The van der Waals surface area contributed by atoms with Crippen molar-refractivity contribution in [3.05, 3.63) is 69.8 Å². The average molecular weight is 384 g/mol. The molecule has 0 aliphatic carbocycles. The van der Waals surface area contributed by atoms with Gasteiger partial charge in [0.2, 0.25) is 0 Å². The van der Waals surface area contributed by atoms with Crippen LogP contribution in [-0.2, 0) is 14.3 Å². The Hall–Kier alpha value is -3.68. The van der Waals surface area contributed by atoms with Gasteiger partial charge in [0.25, 0.3) is 11.6 Å². The van der Waals surface area contributed by atoms with Crippen LogP contribution in [0.2, 0.25) is 0 Å². The molecule has 2 rings (SSSR count). The summed E-state index contributed by atoms with van der Waals surface area (Å²) in [7, 11) is 0. The molecule has 2 aromatic rings. The van der Waals surface area contributed by atoms with Crippen LogP contribution in [0.5, 0.6) is 5.75 Å². The van der Waals surface area contributed by atoms with Crippen LogP contribution in [0.15, 0.2) is 48.5 Å². The van der Waals surface area contributed by atoms with Gasteiger partial charge in [-0.2, -0.15) is 0 Å². The van der Waals surface area contributed by atoms with Crippen LogP contribution < -0.4 is 10.1 Å². The number of rotatable bonds is 8. The SMILES string of the molecule is CCOc1ccc(/C=C/C(=O)OCC(=O)Nc2ccc([N+](=O)[O-])cc2C)cc1. The zero-order valence-corrected chi connectivity index (χ0v) is 15.5. The first-order chi connectivity index (χ1) is 13.4. The molecule has 0 aromatic heterocycles. The van der Waals surface area contributed by atoms with Crippen molar-refractivity contribution in [2.24, 2.45) is 0 Å². The number of nitrogens with one attached hydrogen (secondary N) is 1. The number of esters is 1. The number of hydrogen-bond acceptors (Lipinski definition) is 6. The molecule has 0 bridgehead atoms. The van der Waals surface area contributed by atoms with Gasteiger partial charge in [-0.25, -0.2) is 4.79 Å². The van der Waals surface area contributed by atoms with Gasteiger partial charge in [-0.15, -0.1) is 0 Å². The number of carbonyl (C=O) groups excluding carboxylic acids is 2. The first kappa shape index (κ1) is 20.6. The summed E-state index contributed by atoms with van der Waals surface area (Å²) in [6.45, 7) is 3.63. The summed E-state index contributed by atoms with van der Waals surface area (Å²) in [6.07, 6.45) is 2.79. The van der Waals surface area contributed by atoms with Crippen molar-refractivity contribution in [2.45, 2.75) is 13.8 Å². The van der Waals surface area contributed by atoms with E-state index in [1.165, 1.54) is 24.3 Å². The van der Waals surface area contributed by atoms with E-state index in [2.05, 4.69) is 5.32 Å². The Labute approximate surface area is 161 Å². The normalized spacial score (nSPS) is 10.5. The van der Waals surface area contributed by atoms with Crippen molar-refractivity contribution in [3.63, 3.8) is 0 Å². The maximum atomic E-state index is 11.9. The number of nitro groups is 1. The van der Waals surface area contributed by atoms with E-state index in [0.717, 1.165) is 11.3 Å². The summed E-state index contributed by atoms with van der Waals surface area (Å²) in [5, 5.41) is 13.3. The summed E-state index contributed by atoms with van der Waals surface area (Å²) in [5.74, 6) is -0.468. The second-order valence-corrected chi connectivity index (χ2v) is 5.75. The fourth-order valence-electron chi connectivity index (χ4n) is 2.28. The molecule has 0 radical (unpaired) electrons. The van der Waals surface area contributed by atoms with Crippen LogP contribution in [0.1, 0.15) is 18.1 Å². The Balaban J connectivity index is 1.83. The minimum atomic E-state index is -0.663. The third kappa shape index (κ3) is 6.24. The van der Waals surface area contributed by atoms with E-state index >= 15 is 0 Å². The second kappa shape index (κ2) is 9.86. The van der Waals surface area contributed by atoms with Crippen molar-refractivity contribution >= 4 is 29.3 Å². The molecular weight excluding hydrogens is 364 g/mol. The highest BCUT2D eigenvalue weighted by Gasteiger charge is 2.11. The molecule has 0 saturated carbocycles. The van der Waals surface area contributed by atoms with E-state index in [4.69, 9.17) is 9.47 Å². The third-order valence-corrected chi connectivity index (χ3v) is 3.64. The maximum Gasteiger partial charge on any atom is 0.331 e. The standard InChI is InChI=1S/C20H20N2O6/c1-3-27-17-8-4-15(5-9-17)6-11-20(24)28-13-19(23)21-18-10-7-16(22(25)26)12-14(18)2/h4-12H,3,13H2,1-2H3,(H,21,23)/b11-6+. The van der Waals surface area contributed by atoms with Gasteiger partial charge in [0.15, 0.2) is 6.61 Å². The van der Waals surface area contributed by atoms with E-state index in [0.29, 0.717) is 17.9 Å². The molecule has 1 amide bonds. The molecule has 8 nitrogen and oxygen atoms in total. The number of nitrogens with zero attached hydrogens (tertiary/aromatic N) is 1. The molecule has 1 N–H and O–H groups in total. The zero-order valence-electron chi connectivity index (χ0n) is 15.5. The predicted octanol–water partition coefficient (Wildman–Crippen LogP) is 3.50. The highest BCUT2D eigenvalue weighted by molar-refractivity contribution is 5.95. The number of non-ortho nitro benzene ring substituents is 1. The minimum Gasteiger partial charge on any atom is -0.494 e. The summed E-state index contributed by atoms with van der Waals surface area (Å²) >= 11 is 0. The monoisotopic (exact) mass is 384 g/mol. The Kier molecular flexibility index (Phi) is 7.27. The van der Waals surface area contributed by atoms with Crippen molar-refractivity contribution in [2.75, 3.05) is 18.5 Å². The van der Waals surface area contributed by atoms with Gasteiger partial charge in [-0.05, 0) is 49.2 Å². The van der Waals surface area contributed by atoms with Crippen molar-refractivity contribution in [1.82, 2.24) is 0 Å². The molecule has 0 aliphatic heterocycles. The molecule has 0 atom stereocenters. The van der Waals surface area contributed by atoms with Crippen LogP contribution in [0, 0.1) is 17.0 Å². The largest absolute Gasteiger partial charge is 0.494 e. The van der Waals surface area contributed by atoms with E-state index < -0.39 is 23.4 Å². The number of hydrogen-bond donors (Lipinski definition) is 1. The number of nitro benzene ring substituents is 1. The van der Waals surface area contributed by atoms with E-state index in [1.54, 1.807) is 37.3 Å². The van der Waals surface area contributed by atoms with Crippen molar-refractivity contribution in [1.29, 1.82) is 0 Å². The number of carbonyl (C=O) groups is 2. The van der Waals surface area contributed by atoms with Gasteiger partial charge in [0.05, 0.1) is 11.5 Å². The Morgan fingerprint density at radius 3 is 2.50 bits per heavy atom. The van der Waals surface area contributed by atoms with Crippen molar-refractivity contribution < 1.29 is 24.0 Å². The maximum absolute atomic E-state index is 11.9. The van der Waals surface area contributed by atoms with Gasteiger partial charge < -0.3 is 14.8 Å². The zero-order chi connectivity index (χ0) is 20.5. The van der Waals surface area contributed by atoms with Gasteiger partial charge in [0, 0.05) is 23.9 Å². The molecule has 0 heterocycles. The summed E-state index contributed by atoms with van der Waals surface area (Å²) in [6, 6.07) is 11.2. The molecule has 2 aromatic carbocycles. The molecule has 0 spiro atoms. The topological polar surface area (TPSA) is 108 Å². The van der Waals surface area contributed by atoms with Crippen LogP contribution in [0.3, 0.4) is 0 Å². The molecule has 28 heavy (non-hydrogen) atoms. The molecule has 146 valence electrons. The van der Waals surface area contributed by atoms with Crippen molar-refractivity contribution in [3.8, 4) is 5.75 Å². The quantitative estimate of drug-likeness (QED) is 0.323. The minimum absolute atomic E-state index is 0.0682. The second-order valence-electron chi connectivity index (χ2n) is 5.75. The van der Waals surface area contributed by atoms with Crippen LogP contribution in [0.4, 0.5) is 11.4 Å². The lowest BCUT2D eigenvalue weighted by Crippen LogP contribution is -2.20. The molecular formula is C20H20N2O6. The lowest BCUT2D eigenvalue weighted by Gasteiger charge is -2.08. The highest BCUT2D eigenvalue weighted by atomic mass is 16.6. The third-order valence-electron chi connectivity index (χ3n) is 3.64. The molecule has 0 unspecified atom stereocenters. The number of aryl methyl sites for hydroxylation is 1. The predicted molar refractivity (Wildman–Crippen MR) is 104 cm³/mol. The van der Waals surface area contributed by atoms with Crippen LogP contribution in [-0.4, -0.2) is 30.0 Å². The summed E-state index contributed by atoms with van der Waals surface area (Å²) in [5.41, 5.74) is 1.66. The Morgan fingerprint density at radius 1 is 1.18 bits per heavy atom. The number of ether oxygens (including phenoxy) is 2. The Bertz CT molecular complexity index is 890. The van der Waals surface area contributed by atoms with Gasteiger partial charge in [0.1, 0.15) is 5.75 Å². The van der Waals surface area contributed by atoms with Gasteiger partial charge >= 0.3 is 5.97 Å². The molecule has 0 aliphatic rings. The molecule has 0 saturated heterocycles. The average Bonchev–Trinajstić information content (AvgIpc) is 2.67. The van der Waals surface area contributed by atoms with Crippen LogP contribution in [0.25, 0.3) is 6.08 Å². The lowest BCUT2D eigenvalue weighted by atomic mass is 10.2. The first-order valence-electron chi connectivity index (χ1n) is 8.51. The summed E-state index contributed by atoms with van der Waals surface area (Å²) < 4.78 is 10.2. The number of amides is 1. The van der Waals surface area contributed by atoms with Gasteiger partial charge in [-0.1, -0.05) is 12.1 Å². The summed E-state index contributed by atoms with van der Waals surface area (Å²) in [4.78, 5) is 33.8. The van der Waals surface area contributed by atoms with Crippen LogP contribution >= 0.6 is 0 Å². The fraction of sp³-hybridized carbons (Fsp3) is 0.200. The number of benzene rings is 2. The lowest BCUT2D eigenvalue weighted by molar-refractivity contribution is -0.384.